The van der Waals surface area contributed by atoms with Gasteiger partial charge in [0.2, 0.25) is 0 Å². The SMILES string of the molecule is CN(C)C(=O)Nc1ccc(Cl)c(Cl)c1.O=C(Nc1ccccc1)Nc1cnns1. The van der Waals surface area contributed by atoms with Crippen molar-refractivity contribution in [1.29, 1.82) is 0 Å². The summed E-state index contributed by atoms with van der Waals surface area (Å²) >= 11 is 12.6. The summed E-state index contributed by atoms with van der Waals surface area (Å²) in [4.78, 5) is 24.1. The van der Waals surface area contributed by atoms with Crippen LogP contribution in [-0.2, 0) is 0 Å². The standard InChI is InChI=1S/C9H10Cl2N2O.C9H8N4OS/c1-13(2)9(14)12-6-3-4-7(10)8(11)5-6;14-9(12-8-6-10-13-15-8)11-7-4-2-1-3-5-7/h3-5H,1-2H3,(H,12,14);1-6H,(H2,11,12,14). The van der Waals surface area contributed by atoms with Crippen LogP contribution in [0.15, 0.2) is 54.7 Å². The Balaban J connectivity index is 0.000000208. The van der Waals surface area contributed by atoms with Crippen LogP contribution in [0.3, 0.4) is 0 Å². The summed E-state index contributed by atoms with van der Waals surface area (Å²) in [6, 6.07) is 13.6. The van der Waals surface area contributed by atoms with Gasteiger partial charge in [-0.05, 0) is 30.3 Å². The second-order valence-corrected chi connectivity index (χ2v) is 7.28. The van der Waals surface area contributed by atoms with E-state index in [1.54, 1.807) is 32.3 Å². The largest absolute Gasteiger partial charge is 0.331 e. The molecule has 3 aromatic rings. The van der Waals surface area contributed by atoms with E-state index in [1.165, 1.54) is 11.1 Å². The fourth-order valence-corrected chi connectivity index (χ4v) is 2.54. The van der Waals surface area contributed by atoms with Gasteiger partial charge in [0.05, 0.1) is 16.2 Å². The molecule has 2 aromatic carbocycles. The molecule has 3 rings (SSSR count). The number of halogens is 2. The summed E-state index contributed by atoms with van der Waals surface area (Å²) in [5, 5.41) is 13.1. The maximum Gasteiger partial charge on any atom is 0.324 e. The molecule has 11 heteroatoms. The molecule has 0 radical (unpaired) electrons. The molecule has 4 amide bonds. The van der Waals surface area contributed by atoms with Gasteiger partial charge in [-0.2, -0.15) is 0 Å². The van der Waals surface area contributed by atoms with Gasteiger partial charge < -0.3 is 15.5 Å². The number of urea groups is 2. The molecule has 0 spiro atoms. The Morgan fingerprint density at radius 3 is 2.24 bits per heavy atom. The van der Waals surface area contributed by atoms with Crippen LogP contribution in [0.1, 0.15) is 0 Å². The Morgan fingerprint density at radius 2 is 1.66 bits per heavy atom. The van der Waals surface area contributed by atoms with Crippen LogP contribution in [0, 0.1) is 0 Å². The Labute approximate surface area is 182 Å². The molecular weight excluding hydrogens is 435 g/mol. The number of benzene rings is 2. The normalized spacial score (nSPS) is 9.66. The molecule has 0 saturated carbocycles. The van der Waals surface area contributed by atoms with Crippen molar-refractivity contribution in [3.63, 3.8) is 0 Å². The van der Waals surface area contributed by atoms with Gasteiger partial charge in [0.1, 0.15) is 5.00 Å². The zero-order valence-electron chi connectivity index (χ0n) is 15.5. The predicted octanol–water partition coefficient (Wildman–Crippen LogP) is 5.27. The van der Waals surface area contributed by atoms with Crippen molar-refractivity contribution in [2.24, 2.45) is 0 Å². The smallest absolute Gasteiger partial charge is 0.324 e. The van der Waals surface area contributed by atoms with E-state index >= 15 is 0 Å². The highest BCUT2D eigenvalue weighted by Gasteiger charge is 2.05. The van der Waals surface area contributed by atoms with Crippen LogP contribution >= 0.6 is 34.7 Å². The Hall–Kier alpha value is -2.88. The quantitative estimate of drug-likeness (QED) is 0.503. The van der Waals surface area contributed by atoms with Gasteiger partial charge in [-0.15, -0.1) is 5.10 Å². The molecule has 0 aliphatic rings. The first-order chi connectivity index (χ1) is 13.8. The molecule has 29 heavy (non-hydrogen) atoms. The fourth-order valence-electron chi connectivity index (χ4n) is 1.83. The zero-order chi connectivity index (χ0) is 21.2. The zero-order valence-corrected chi connectivity index (χ0v) is 17.8. The molecule has 0 unspecified atom stereocenters. The highest BCUT2D eigenvalue weighted by molar-refractivity contribution is 7.10. The minimum atomic E-state index is -0.299. The lowest BCUT2D eigenvalue weighted by atomic mass is 10.3. The van der Waals surface area contributed by atoms with Crippen molar-refractivity contribution in [2.75, 3.05) is 30.0 Å². The summed E-state index contributed by atoms with van der Waals surface area (Å²) in [6.45, 7) is 0. The number of hydrogen-bond acceptors (Lipinski definition) is 5. The van der Waals surface area contributed by atoms with Gasteiger partial charge in [-0.3, -0.25) is 5.32 Å². The average molecular weight is 453 g/mol. The molecule has 1 heterocycles. The number of rotatable bonds is 3. The van der Waals surface area contributed by atoms with Crippen LogP contribution in [0.2, 0.25) is 10.0 Å². The fraction of sp³-hybridized carbons (Fsp3) is 0.111. The third-order valence-electron chi connectivity index (χ3n) is 3.21. The Bertz CT molecular complexity index is 939. The van der Waals surface area contributed by atoms with Crippen molar-refractivity contribution in [1.82, 2.24) is 14.5 Å². The molecule has 1 aromatic heterocycles. The molecule has 152 valence electrons. The third-order valence-corrected chi connectivity index (χ3v) is 4.53. The van der Waals surface area contributed by atoms with Gasteiger partial charge in [-0.25, -0.2) is 9.59 Å². The Kier molecular flexibility index (Phi) is 8.66. The number of nitrogens with zero attached hydrogens (tertiary/aromatic N) is 3. The lowest BCUT2D eigenvalue weighted by Gasteiger charge is -2.12. The van der Waals surface area contributed by atoms with Crippen molar-refractivity contribution >= 4 is 63.2 Å². The summed E-state index contributed by atoms with van der Waals surface area (Å²) in [5.74, 6) is 0. The number of carbonyl (C=O) groups excluding carboxylic acids is 2. The number of para-hydroxylation sites is 1. The van der Waals surface area contributed by atoms with Crippen LogP contribution < -0.4 is 16.0 Å². The summed E-state index contributed by atoms with van der Waals surface area (Å²) in [6.07, 6.45) is 1.50. The number of hydrogen-bond donors (Lipinski definition) is 3. The van der Waals surface area contributed by atoms with E-state index < -0.39 is 0 Å². The monoisotopic (exact) mass is 452 g/mol. The van der Waals surface area contributed by atoms with Gasteiger partial charge in [0.15, 0.2) is 0 Å². The summed E-state index contributed by atoms with van der Waals surface area (Å²) in [5.41, 5.74) is 1.37. The first kappa shape index (κ1) is 22.4. The maximum atomic E-state index is 11.4. The van der Waals surface area contributed by atoms with Crippen molar-refractivity contribution < 1.29 is 9.59 Å². The van der Waals surface area contributed by atoms with Gasteiger partial charge in [0, 0.05) is 37.0 Å². The van der Waals surface area contributed by atoms with E-state index in [2.05, 4.69) is 25.5 Å². The summed E-state index contributed by atoms with van der Waals surface area (Å²) < 4.78 is 3.63. The molecule has 0 aliphatic carbocycles. The molecular formula is C18H18Cl2N6O2S. The molecule has 0 saturated heterocycles. The van der Waals surface area contributed by atoms with E-state index in [0.717, 1.165) is 17.2 Å². The summed E-state index contributed by atoms with van der Waals surface area (Å²) in [7, 11) is 3.32. The highest BCUT2D eigenvalue weighted by Crippen LogP contribution is 2.25. The van der Waals surface area contributed by atoms with E-state index in [4.69, 9.17) is 23.2 Å². The number of aromatic nitrogens is 2. The second-order valence-electron chi connectivity index (χ2n) is 5.68. The average Bonchev–Trinajstić information content (AvgIpc) is 3.19. The maximum absolute atomic E-state index is 11.4. The topological polar surface area (TPSA) is 99.2 Å². The first-order valence-electron chi connectivity index (χ1n) is 8.19. The lowest BCUT2D eigenvalue weighted by molar-refractivity contribution is 0.230. The van der Waals surface area contributed by atoms with Gasteiger partial charge in [-0.1, -0.05) is 45.9 Å². The van der Waals surface area contributed by atoms with Crippen LogP contribution in [0.4, 0.5) is 26.0 Å². The van der Waals surface area contributed by atoms with E-state index in [9.17, 15) is 9.59 Å². The highest BCUT2D eigenvalue weighted by atomic mass is 35.5. The Morgan fingerprint density at radius 1 is 0.931 bits per heavy atom. The van der Waals surface area contributed by atoms with Crippen molar-refractivity contribution in [3.05, 3.63) is 64.8 Å². The third kappa shape index (κ3) is 7.94. The van der Waals surface area contributed by atoms with Gasteiger partial charge >= 0.3 is 12.1 Å². The van der Waals surface area contributed by atoms with E-state index in [1.807, 2.05) is 30.3 Å². The van der Waals surface area contributed by atoms with Crippen LogP contribution in [-0.4, -0.2) is 40.6 Å². The minimum Gasteiger partial charge on any atom is -0.331 e. The first-order valence-corrected chi connectivity index (χ1v) is 9.72. The lowest BCUT2D eigenvalue weighted by Crippen LogP contribution is -2.27. The number of nitrogens with one attached hydrogen (secondary N) is 3. The molecule has 0 bridgehead atoms. The van der Waals surface area contributed by atoms with E-state index in [-0.39, 0.29) is 12.1 Å². The molecule has 0 aliphatic heterocycles. The number of amides is 4. The molecule has 0 atom stereocenters. The van der Waals surface area contributed by atoms with Crippen molar-refractivity contribution in [2.45, 2.75) is 0 Å². The second kappa shape index (κ2) is 11.2. The molecule has 8 nitrogen and oxygen atoms in total. The molecule has 3 N–H and O–H groups in total. The van der Waals surface area contributed by atoms with E-state index in [0.29, 0.717) is 20.7 Å². The van der Waals surface area contributed by atoms with Gasteiger partial charge in [0.25, 0.3) is 0 Å². The van der Waals surface area contributed by atoms with Crippen LogP contribution in [0.25, 0.3) is 0 Å². The number of carbonyl (C=O) groups is 2. The predicted molar refractivity (Wildman–Crippen MR) is 118 cm³/mol. The van der Waals surface area contributed by atoms with Crippen molar-refractivity contribution in [3.8, 4) is 0 Å². The minimum absolute atomic E-state index is 0.205. The van der Waals surface area contributed by atoms with Crippen LogP contribution in [0.5, 0.6) is 0 Å². The number of anilines is 3. The molecule has 0 fully saturated rings.